The van der Waals surface area contributed by atoms with Crippen molar-refractivity contribution in [1.29, 1.82) is 0 Å². The summed E-state index contributed by atoms with van der Waals surface area (Å²) in [5, 5.41) is 2.98. The predicted octanol–water partition coefficient (Wildman–Crippen LogP) is 6.56. The Morgan fingerprint density at radius 2 is 1.34 bits per heavy atom. The first kappa shape index (κ1) is 29.3. The molecule has 0 unspecified atom stereocenters. The average Bonchev–Trinajstić information content (AvgIpc) is 3.03. The molecule has 0 aromatic heterocycles. The zero-order chi connectivity index (χ0) is 29.1. The van der Waals surface area contributed by atoms with Crippen LogP contribution in [0.15, 0.2) is 97.1 Å². The van der Waals surface area contributed by atoms with Crippen molar-refractivity contribution < 1.29 is 19.0 Å². The molecule has 41 heavy (non-hydrogen) atoms. The second-order valence-electron chi connectivity index (χ2n) is 9.88. The number of nitrogens with one attached hydrogen (secondary N) is 1. The van der Waals surface area contributed by atoms with Gasteiger partial charge in [0.2, 0.25) is 5.91 Å². The first-order chi connectivity index (χ1) is 20.0. The Hall–Kier alpha value is -4.69. The number of rotatable bonds is 11. The molecule has 0 fully saturated rings. The van der Waals surface area contributed by atoms with Crippen LogP contribution in [0, 0.1) is 11.8 Å². The van der Waals surface area contributed by atoms with Gasteiger partial charge < -0.3 is 19.5 Å². The fraction of sp³-hybridized carbons (Fsp3) is 0.250. The van der Waals surface area contributed by atoms with E-state index in [1.54, 1.807) is 21.3 Å². The minimum atomic E-state index is -0.486. The average molecular weight is 548 g/mol. The first-order valence-corrected chi connectivity index (χ1v) is 13.7. The number of hydrogen-bond donors (Lipinski definition) is 1. The monoisotopic (exact) mass is 547 g/mol. The van der Waals surface area contributed by atoms with Gasteiger partial charge in [0, 0.05) is 24.8 Å². The van der Waals surface area contributed by atoms with Crippen LogP contribution in [-0.4, -0.2) is 33.8 Å². The van der Waals surface area contributed by atoms with Crippen molar-refractivity contribution in [2.45, 2.75) is 31.6 Å². The lowest BCUT2D eigenvalue weighted by atomic mass is 9.70. The Morgan fingerprint density at radius 3 is 1.90 bits per heavy atom. The van der Waals surface area contributed by atoms with E-state index in [0.29, 0.717) is 25.1 Å². The molecule has 1 amide bonds. The summed E-state index contributed by atoms with van der Waals surface area (Å²) in [4.78, 5) is 12.3. The summed E-state index contributed by atoms with van der Waals surface area (Å²) in [6, 6.07) is 32.5. The fourth-order valence-corrected chi connectivity index (χ4v) is 4.88. The standard InChI is InChI=1S/C36H37NO4/c1-36(29-14-19-32(39-2)20-15-29,30-16-21-33(40-3)22-17-30)31-18-23-34(41-4)28(26-31)12-8-9-13-35(38)37-25-24-27-10-6-5-7-11-27/h5-7,10-11,14-23,26H,9,13,24-25H2,1-4H3,(H,37,38). The van der Waals surface area contributed by atoms with E-state index in [0.717, 1.165) is 40.2 Å². The quantitative estimate of drug-likeness (QED) is 0.171. The molecule has 0 aliphatic carbocycles. The Bertz CT molecular complexity index is 1440. The number of hydrogen-bond acceptors (Lipinski definition) is 4. The number of carbonyl (C=O) groups is 1. The van der Waals surface area contributed by atoms with Gasteiger partial charge >= 0.3 is 0 Å². The van der Waals surface area contributed by atoms with Crippen LogP contribution in [0.1, 0.15) is 47.6 Å². The minimum Gasteiger partial charge on any atom is -0.497 e. The third kappa shape index (κ3) is 7.29. The molecule has 4 rings (SSSR count). The first-order valence-electron chi connectivity index (χ1n) is 13.7. The van der Waals surface area contributed by atoms with E-state index in [-0.39, 0.29) is 5.91 Å². The van der Waals surface area contributed by atoms with Gasteiger partial charge in [-0.25, -0.2) is 0 Å². The Kier molecular flexibility index (Phi) is 10.1. The van der Waals surface area contributed by atoms with E-state index in [9.17, 15) is 4.79 Å². The second-order valence-corrected chi connectivity index (χ2v) is 9.88. The molecule has 5 nitrogen and oxygen atoms in total. The van der Waals surface area contributed by atoms with Crippen molar-refractivity contribution >= 4 is 5.91 Å². The topological polar surface area (TPSA) is 56.8 Å². The van der Waals surface area contributed by atoms with Crippen molar-refractivity contribution in [3.05, 3.63) is 125 Å². The zero-order valence-corrected chi connectivity index (χ0v) is 24.2. The summed E-state index contributed by atoms with van der Waals surface area (Å²) in [7, 11) is 4.98. The van der Waals surface area contributed by atoms with E-state index < -0.39 is 5.41 Å². The normalized spacial score (nSPS) is 10.7. The number of ether oxygens (including phenoxy) is 3. The molecule has 0 radical (unpaired) electrons. The van der Waals surface area contributed by atoms with E-state index in [1.807, 2.05) is 48.5 Å². The summed E-state index contributed by atoms with van der Waals surface area (Å²) < 4.78 is 16.5. The smallest absolute Gasteiger partial charge is 0.220 e. The van der Waals surface area contributed by atoms with E-state index in [2.05, 4.69) is 72.6 Å². The highest BCUT2D eigenvalue weighted by Crippen LogP contribution is 2.41. The van der Waals surface area contributed by atoms with E-state index in [1.165, 1.54) is 5.56 Å². The Balaban J connectivity index is 1.55. The maximum atomic E-state index is 12.3. The van der Waals surface area contributed by atoms with Crippen molar-refractivity contribution in [1.82, 2.24) is 5.32 Å². The molecule has 210 valence electrons. The summed E-state index contributed by atoms with van der Waals surface area (Å²) in [5.74, 6) is 8.74. The molecule has 0 spiro atoms. The van der Waals surface area contributed by atoms with Gasteiger partial charge in [-0.1, -0.05) is 72.5 Å². The molecular weight excluding hydrogens is 510 g/mol. The van der Waals surface area contributed by atoms with Gasteiger partial charge in [0.05, 0.1) is 26.9 Å². The van der Waals surface area contributed by atoms with Crippen molar-refractivity contribution in [3.8, 4) is 29.1 Å². The molecule has 0 aliphatic rings. The Morgan fingerprint density at radius 1 is 0.756 bits per heavy atom. The molecule has 1 N–H and O–H groups in total. The highest BCUT2D eigenvalue weighted by atomic mass is 16.5. The third-order valence-electron chi connectivity index (χ3n) is 7.39. The fourth-order valence-electron chi connectivity index (χ4n) is 4.88. The van der Waals surface area contributed by atoms with Crippen LogP contribution >= 0.6 is 0 Å². The van der Waals surface area contributed by atoms with Crippen LogP contribution in [0.4, 0.5) is 0 Å². The predicted molar refractivity (Wildman–Crippen MR) is 164 cm³/mol. The second kappa shape index (κ2) is 14.1. The molecule has 0 saturated carbocycles. The summed E-state index contributed by atoms with van der Waals surface area (Å²) in [6.07, 6.45) is 1.61. The zero-order valence-electron chi connectivity index (χ0n) is 24.2. The van der Waals surface area contributed by atoms with Gasteiger partial charge in [0.25, 0.3) is 0 Å². The van der Waals surface area contributed by atoms with E-state index >= 15 is 0 Å². The number of benzene rings is 4. The molecule has 0 atom stereocenters. The van der Waals surface area contributed by atoms with Crippen LogP contribution < -0.4 is 19.5 Å². The molecule has 4 aromatic carbocycles. The number of methoxy groups -OCH3 is 3. The summed E-state index contributed by atoms with van der Waals surface area (Å²) >= 11 is 0. The maximum Gasteiger partial charge on any atom is 0.220 e. The van der Waals surface area contributed by atoms with Gasteiger partial charge in [0.15, 0.2) is 0 Å². The molecule has 0 aliphatic heterocycles. The van der Waals surface area contributed by atoms with Crippen molar-refractivity contribution in [2.24, 2.45) is 0 Å². The lowest BCUT2D eigenvalue weighted by molar-refractivity contribution is -0.120. The van der Waals surface area contributed by atoms with Gasteiger partial charge in [-0.3, -0.25) is 4.79 Å². The maximum absolute atomic E-state index is 12.3. The minimum absolute atomic E-state index is 0.00235. The highest BCUT2D eigenvalue weighted by Gasteiger charge is 2.32. The van der Waals surface area contributed by atoms with Crippen molar-refractivity contribution in [2.75, 3.05) is 27.9 Å². The van der Waals surface area contributed by atoms with Gasteiger partial charge in [-0.15, -0.1) is 0 Å². The Labute approximate surface area is 243 Å². The van der Waals surface area contributed by atoms with E-state index in [4.69, 9.17) is 14.2 Å². The SMILES string of the molecule is COc1ccc(C(C)(c2ccc(OC)cc2)c2ccc(OC)c(C#CCCC(=O)NCCc3ccccc3)c2)cc1. The van der Waals surface area contributed by atoms with Crippen LogP contribution in [-0.2, 0) is 16.6 Å². The van der Waals surface area contributed by atoms with Gasteiger partial charge in [-0.2, -0.15) is 0 Å². The van der Waals surface area contributed by atoms with Crippen LogP contribution in [0.2, 0.25) is 0 Å². The lowest BCUT2D eigenvalue weighted by Gasteiger charge is -2.32. The largest absolute Gasteiger partial charge is 0.497 e. The summed E-state index contributed by atoms with van der Waals surface area (Å²) in [5.41, 5.74) is 4.79. The lowest BCUT2D eigenvalue weighted by Crippen LogP contribution is -2.25. The molecule has 0 heterocycles. The van der Waals surface area contributed by atoms with Gasteiger partial charge in [-0.05, 0) is 72.0 Å². The van der Waals surface area contributed by atoms with Crippen LogP contribution in [0.5, 0.6) is 17.2 Å². The van der Waals surface area contributed by atoms with Gasteiger partial charge in [0.1, 0.15) is 17.2 Å². The summed E-state index contributed by atoms with van der Waals surface area (Å²) in [6.45, 7) is 2.82. The van der Waals surface area contributed by atoms with Crippen LogP contribution in [0.25, 0.3) is 0 Å². The van der Waals surface area contributed by atoms with Crippen molar-refractivity contribution in [3.63, 3.8) is 0 Å². The molecular formula is C36H37NO4. The molecule has 0 bridgehead atoms. The highest BCUT2D eigenvalue weighted by molar-refractivity contribution is 5.76. The molecule has 4 aromatic rings. The number of carbonyl (C=O) groups excluding carboxylic acids is 1. The molecule has 5 heteroatoms. The third-order valence-corrected chi connectivity index (χ3v) is 7.39. The number of amides is 1. The van der Waals surface area contributed by atoms with Crippen LogP contribution in [0.3, 0.4) is 0 Å². The molecule has 0 saturated heterocycles.